The lowest BCUT2D eigenvalue weighted by Crippen LogP contribution is -2.37. The van der Waals surface area contributed by atoms with Crippen LogP contribution < -0.4 is 5.32 Å². The molecule has 0 bridgehead atoms. The van der Waals surface area contributed by atoms with E-state index >= 15 is 0 Å². The minimum absolute atomic E-state index is 0.00535. The van der Waals surface area contributed by atoms with Crippen LogP contribution in [-0.2, 0) is 0 Å². The summed E-state index contributed by atoms with van der Waals surface area (Å²) in [5.74, 6) is 0.291. The summed E-state index contributed by atoms with van der Waals surface area (Å²) >= 11 is 0. The summed E-state index contributed by atoms with van der Waals surface area (Å²) in [6.45, 7) is 6.37. The van der Waals surface area contributed by atoms with Gasteiger partial charge in [0.2, 0.25) is 0 Å². The Hall–Kier alpha value is -1.05. The molecular formula is C12H16FN. The second-order valence-electron chi connectivity index (χ2n) is 4.82. The second-order valence-corrected chi connectivity index (χ2v) is 4.82. The van der Waals surface area contributed by atoms with E-state index in [9.17, 15) is 4.39 Å². The summed E-state index contributed by atoms with van der Waals surface area (Å²) in [7, 11) is 0. The van der Waals surface area contributed by atoms with Crippen LogP contribution in [0.25, 0.3) is 0 Å². The highest BCUT2D eigenvalue weighted by molar-refractivity contribution is 5.57. The van der Waals surface area contributed by atoms with Gasteiger partial charge >= 0.3 is 0 Å². The van der Waals surface area contributed by atoms with E-state index in [1.54, 1.807) is 6.07 Å². The molecule has 1 aliphatic heterocycles. The third-order valence-corrected chi connectivity index (χ3v) is 2.86. The van der Waals surface area contributed by atoms with Crippen LogP contribution in [0.5, 0.6) is 0 Å². The molecule has 76 valence electrons. The number of para-hydroxylation sites is 1. The number of fused-ring (bicyclic) bond motifs is 1. The van der Waals surface area contributed by atoms with Crippen molar-refractivity contribution in [2.75, 3.05) is 5.32 Å². The molecule has 1 heterocycles. The number of hydrogen-bond acceptors (Lipinski definition) is 1. The summed E-state index contributed by atoms with van der Waals surface area (Å²) < 4.78 is 13.5. The lowest BCUT2D eigenvalue weighted by molar-refractivity contribution is 0.447. The van der Waals surface area contributed by atoms with Crippen LogP contribution in [-0.4, -0.2) is 5.54 Å². The molecule has 1 aliphatic rings. The van der Waals surface area contributed by atoms with Gasteiger partial charge in [-0.2, -0.15) is 0 Å². The van der Waals surface area contributed by atoms with Gasteiger partial charge in [0.05, 0.1) is 5.69 Å². The zero-order valence-electron chi connectivity index (χ0n) is 8.89. The minimum Gasteiger partial charge on any atom is -0.378 e. The monoisotopic (exact) mass is 193 g/mol. The van der Waals surface area contributed by atoms with Crippen molar-refractivity contribution in [2.24, 2.45) is 0 Å². The van der Waals surface area contributed by atoms with Gasteiger partial charge in [-0.1, -0.05) is 19.1 Å². The SMILES string of the molecule is CC1CC(C)(C)Nc2c(F)cccc21. The maximum atomic E-state index is 13.5. The lowest BCUT2D eigenvalue weighted by Gasteiger charge is -2.37. The smallest absolute Gasteiger partial charge is 0.146 e. The Labute approximate surface area is 84.3 Å². The van der Waals surface area contributed by atoms with Gasteiger partial charge in [-0.25, -0.2) is 4.39 Å². The Morgan fingerprint density at radius 2 is 2.14 bits per heavy atom. The van der Waals surface area contributed by atoms with Crippen molar-refractivity contribution < 1.29 is 4.39 Å². The first-order valence-electron chi connectivity index (χ1n) is 5.06. The number of halogens is 1. The van der Waals surface area contributed by atoms with Crippen molar-refractivity contribution in [3.8, 4) is 0 Å². The summed E-state index contributed by atoms with van der Waals surface area (Å²) in [5, 5.41) is 3.26. The minimum atomic E-state index is -0.137. The quantitative estimate of drug-likeness (QED) is 0.664. The fraction of sp³-hybridized carbons (Fsp3) is 0.500. The van der Waals surface area contributed by atoms with Crippen LogP contribution in [0.1, 0.15) is 38.7 Å². The van der Waals surface area contributed by atoms with E-state index in [1.165, 1.54) is 6.07 Å². The number of anilines is 1. The zero-order valence-corrected chi connectivity index (χ0v) is 8.89. The maximum Gasteiger partial charge on any atom is 0.146 e. The van der Waals surface area contributed by atoms with Gasteiger partial charge in [0.1, 0.15) is 5.82 Å². The Kier molecular flexibility index (Phi) is 2.02. The third kappa shape index (κ3) is 1.49. The highest BCUT2D eigenvalue weighted by Crippen LogP contribution is 2.39. The first-order chi connectivity index (χ1) is 6.49. The van der Waals surface area contributed by atoms with E-state index in [0.29, 0.717) is 11.6 Å². The van der Waals surface area contributed by atoms with Crippen molar-refractivity contribution in [3.63, 3.8) is 0 Å². The third-order valence-electron chi connectivity index (χ3n) is 2.86. The van der Waals surface area contributed by atoms with Crippen LogP contribution in [0.15, 0.2) is 18.2 Å². The predicted octanol–water partition coefficient (Wildman–Crippen LogP) is 3.52. The Bertz CT molecular complexity index is 357. The highest BCUT2D eigenvalue weighted by Gasteiger charge is 2.30. The summed E-state index contributed by atoms with van der Waals surface area (Å²) in [4.78, 5) is 0. The van der Waals surface area contributed by atoms with Crippen LogP contribution in [0, 0.1) is 5.82 Å². The Morgan fingerprint density at radius 1 is 1.43 bits per heavy atom. The van der Waals surface area contributed by atoms with E-state index in [1.807, 2.05) is 6.07 Å². The number of hydrogen-bond donors (Lipinski definition) is 1. The van der Waals surface area contributed by atoms with Crippen molar-refractivity contribution in [3.05, 3.63) is 29.6 Å². The molecule has 1 aromatic carbocycles. The van der Waals surface area contributed by atoms with E-state index in [-0.39, 0.29) is 11.4 Å². The molecule has 0 radical (unpaired) electrons. The number of benzene rings is 1. The second kappa shape index (κ2) is 2.97. The van der Waals surface area contributed by atoms with Crippen LogP contribution in [0.3, 0.4) is 0 Å². The molecule has 14 heavy (non-hydrogen) atoms. The van der Waals surface area contributed by atoms with Crippen molar-refractivity contribution in [1.82, 2.24) is 0 Å². The molecule has 0 aliphatic carbocycles. The fourth-order valence-corrected chi connectivity index (χ4v) is 2.35. The van der Waals surface area contributed by atoms with Gasteiger partial charge in [0.25, 0.3) is 0 Å². The maximum absolute atomic E-state index is 13.5. The molecule has 1 atom stereocenters. The normalized spacial score (nSPS) is 23.9. The molecule has 1 aromatic rings. The molecule has 0 saturated heterocycles. The van der Waals surface area contributed by atoms with E-state index in [0.717, 1.165) is 12.0 Å². The standard InChI is InChI=1S/C12H16FN/c1-8-7-12(2,3)14-11-9(8)5-4-6-10(11)13/h4-6,8,14H,7H2,1-3H3. The Balaban J connectivity index is 2.51. The van der Waals surface area contributed by atoms with Gasteiger partial charge in [-0.3, -0.25) is 0 Å². The van der Waals surface area contributed by atoms with Crippen molar-refractivity contribution in [2.45, 2.75) is 38.6 Å². The van der Waals surface area contributed by atoms with Gasteiger partial charge < -0.3 is 5.32 Å². The molecule has 1 unspecified atom stereocenters. The molecule has 0 amide bonds. The van der Waals surface area contributed by atoms with Gasteiger partial charge in [0, 0.05) is 5.54 Å². The molecule has 1 nitrogen and oxygen atoms in total. The van der Waals surface area contributed by atoms with Gasteiger partial charge in [0.15, 0.2) is 0 Å². The van der Waals surface area contributed by atoms with Crippen LogP contribution in [0.4, 0.5) is 10.1 Å². The molecule has 2 rings (SSSR count). The first-order valence-corrected chi connectivity index (χ1v) is 5.06. The fourth-order valence-electron chi connectivity index (χ4n) is 2.35. The highest BCUT2D eigenvalue weighted by atomic mass is 19.1. The van der Waals surface area contributed by atoms with Crippen LogP contribution in [0.2, 0.25) is 0 Å². The molecule has 0 fully saturated rings. The molecule has 1 N–H and O–H groups in total. The summed E-state index contributed by atoms with van der Waals surface area (Å²) in [5.41, 5.74) is 1.79. The Morgan fingerprint density at radius 3 is 2.86 bits per heavy atom. The molecule has 0 aromatic heterocycles. The zero-order chi connectivity index (χ0) is 10.3. The topological polar surface area (TPSA) is 12.0 Å². The van der Waals surface area contributed by atoms with E-state index in [4.69, 9.17) is 0 Å². The summed E-state index contributed by atoms with van der Waals surface area (Å²) in [6.07, 6.45) is 1.05. The van der Waals surface area contributed by atoms with Crippen molar-refractivity contribution in [1.29, 1.82) is 0 Å². The molecular weight excluding hydrogens is 177 g/mol. The average molecular weight is 193 g/mol. The largest absolute Gasteiger partial charge is 0.378 e. The van der Waals surface area contributed by atoms with Gasteiger partial charge in [-0.05, 0) is 37.8 Å². The molecule has 0 spiro atoms. The first kappa shape index (κ1) is 9.50. The number of nitrogens with one attached hydrogen (secondary N) is 1. The van der Waals surface area contributed by atoms with E-state index in [2.05, 4.69) is 26.1 Å². The average Bonchev–Trinajstić information content (AvgIpc) is 2.05. The predicted molar refractivity (Wildman–Crippen MR) is 57.1 cm³/mol. The van der Waals surface area contributed by atoms with Crippen molar-refractivity contribution >= 4 is 5.69 Å². The number of rotatable bonds is 0. The van der Waals surface area contributed by atoms with Gasteiger partial charge in [-0.15, -0.1) is 0 Å². The van der Waals surface area contributed by atoms with Crippen LogP contribution >= 0.6 is 0 Å². The molecule has 0 saturated carbocycles. The summed E-state index contributed by atoms with van der Waals surface area (Å²) in [6, 6.07) is 5.30. The molecule has 2 heteroatoms. The van der Waals surface area contributed by atoms with E-state index < -0.39 is 0 Å². The lowest BCUT2D eigenvalue weighted by atomic mass is 9.82.